The largest absolute Gasteiger partial charge is 0.393 e. The lowest BCUT2D eigenvalue weighted by atomic mass is 9.36. The van der Waals surface area contributed by atoms with Gasteiger partial charge in [0.15, 0.2) is 12.1 Å². The normalized spacial score (nSPS) is 59.9. The molecule has 10 atom stereocenters. The van der Waals surface area contributed by atoms with Gasteiger partial charge in [0.1, 0.15) is 0 Å². The van der Waals surface area contributed by atoms with Gasteiger partial charge in [-0.15, -0.1) is 0 Å². The van der Waals surface area contributed by atoms with Gasteiger partial charge in [0.05, 0.1) is 35.2 Å². The number of hydrogen-bond acceptors (Lipinski definition) is 6. The zero-order valence-electron chi connectivity index (χ0n) is 15.3. The first-order valence-electron chi connectivity index (χ1n) is 9.72. The topological polar surface area (TPSA) is 107 Å². The number of hydrogen-bond donors (Lipinski definition) is 4. The second-order valence-electron chi connectivity index (χ2n) is 9.93. The second-order valence-corrected chi connectivity index (χ2v) is 9.93. The highest BCUT2D eigenvalue weighted by Crippen LogP contribution is 2.75. The van der Waals surface area contributed by atoms with Crippen LogP contribution in [0.25, 0.3) is 0 Å². The van der Waals surface area contributed by atoms with E-state index < -0.39 is 53.4 Å². The Morgan fingerprint density at radius 2 is 1.85 bits per heavy atom. The number of fused-ring (bicyclic) bond motifs is 2. The minimum absolute atomic E-state index is 0.0943. The number of rotatable bonds is 0. The molecular weight excluding hydrogens is 336 g/mol. The summed E-state index contributed by atoms with van der Waals surface area (Å²) >= 11 is 0. The third-order valence-electron chi connectivity index (χ3n) is 8.83. The van der Waals surface area contributed by atoms with Crippen molar-refractivity contribution in [1.29, 1.82) is 0 Å². The highest BCUT2D eigenvalue weighted by molar-refractivity contribution is 6.04. The molecular formula is C20H28O6. The molecule has 2 saturated heterocycles. The molecule has 4 saturated carbocycles. The molecule has 2 aliphatic heterocycles. The van der Waals surface area contributed by atoms with Crippen molar-refractivity contribution in [2.24, 2.45) is 34.0 Å². The van der Waals surface area contributed by atoms with Crippen LogP contribution in [0.1, 0.15) is 39.5 Å². The highest BCUT2D eigenvalue weighted by atomic mass is 16.6. The molecule has 0 aromatic carbocycles. The molecule has 2 heterocycles. The van der Waals surface area contributed by atoms with Crippen molar-refractivity contribution in [1.82, 2.24) is 0 Å². The van der Waals surface area contributed by atoms with Crippen LogP contribution in [0.15, 0.2) is 12.2 Å². The first-order chi connectivity index (χ1) is 12.1. The zero-order valence-corrected chi connectivity index (χ0v) is 15.3. The van der Waals surface area contributed by atoms with Gasteiger partial charge in [-0.1, -0.05) is 20.4 Å². The molecule has 0 amide bonds. The third kappa shape index (κ3) is 1.51. The van der Waals surface area contributed by atoms with Gasteiger partial charge in [0, 0.05) is 11.8 Å². The highest BCUT2D eigenvalue weighted by Gasteiger charge is 2.83. The average Bonchev–Trinajstić information content (AvgIpc) is 2.70. The van der Waals surface area contributed by atoms with Crippen LogP contribution in [-0.2, 0) is 9.53 Å². The number of carbonyl (C=O) groups excluding carboxylic acids is 1. The predicted molar refractivity (Wildman–Crippen MR) is 90.6 cm³/mol. The fraction of sp³-hybridized carbons (Fsp3) is 0.850. The van der Waals surface area contributed by atoms with Crippen molar-refractivity contribution in [2.75, 3.05) is 0 Å². The zero-order chi connectivity index (χ0) is 18.8. The van der Waals surface area contributed by atoms with E-state index in [4.69, 9.17) is 4.74 Å². The van der Waals surface area contributed by atoms with Crippen LogP contribution in [0.5, 0.6) is 0 Å². The van der Waals surface area contributed by atoms with Crippen LogP contribution < -0.4 is 0 Å². The second kappa shape index (κ2) is 4.78. The average molecular weight is 364 g/mol. The van der Waals surface area contributed by atoms with Crippen LogP contribution in [-0.4, -0.2) is 56.9 Å². The molecule has 4 N–H and O–H groups in total. The van der Waals surface area contributed by atoms with Crippen molar-refractivity contribution in [3.8, 4) is 0 Å². The summed E-state index contributed by atoms with van der Waals surface area (Å²) in [5.41, 5.74) is -2.27. The molecule has 6 aliphatic rings. The minimum Gasteiger partial charge on any atom is -0.393 e. The van der Waals surface area contributed by atoms with E-state index in [0.29, 0.717) is 18.4 Å². The van der Waals surface area contributed by atoms with Gasteiger partial charge in [0.2, 0.25) is 0 Å². The summed E-state index contributed by atoms with van der Waals surface area (Å²) in [5, 5.41) is 44.4. The van der Waals surface area contributed by atoms with Gasteiger partial charge in [-0.25, -0.2) is 0 Å². The van der Waals surface area contributed by atoms with Gasteiger partial charge in [-0.3, -0.25) is 4.79 Å². The van der Waals surface area contributed by atoms with Crippen molar-refractivity contribution in [2.45, 2.75) is 70.2 Å². The maximum absolute atomic E-state index is 13.3. The fourth-order valence-corrected chi connectivity index (χ4v) is 7.83. The van der Waals surface area contributed by atoms with Crippen molar-refractivity contribution >= 4 is 5.78 Å². The van der Waals surface area contributed by atoms with Crippen LogP contribution in [0.2, 0.25) is 0 Å². The van der Waals surface area contributed by atoms with E-state index in [9.17, 15) is 25.2 Å². The van der Waals surface area contributed by atoms with Crippen molar-refractivity contribution in [3.63, 3.8) is 0 Å². The van der Waals surface area contributed by atoms with E-state index in [1.807, 2.05) is 0 Å². The molecule has 0 unspecified atom stereocenters. The molecule has 4 bridgehead atoms. The van der Waals surface area contributed by atoms with Crippen molar-refractivity contribution in [3.05, 3.63) is 12.2 Å². The SMILES string of the molecule is C=C1C(=O)[C@@]23[C@@H]([C@H](O)C[C@@H]1[C@@H]2O)[C@]12[C@H](O)CCC(C)(C)[C@H]1C[C@H]3O[C@H]2O. The van der Waals surface area contributed by atoms with Gasteiger partial charge in [-0.05, 0) is 42.6 Å². The Morgan fingerprint density at radius 3 is 2.54 bits per heavy atom. The van der Waals surface area contributed by atoms with Crippen LogP contribution >= 0.6 is 0 Å². The quantitative estimate of drug-likeness (QED) is 0.463. The maximum Gasteiger partial charge on any atom is 0.170 e. The lowest BCUT2D eigenvalue weighted by Gasteiger charge is -2.73. The van der Waals surface area contributed by atoms with E-state index >= 15 is 0 Å². The molecule has 26 heavy (non-hydrogen) atoms. The molecule has 6 nitrogen and oxygen atoms in total. The first-order valence-corrected chi connectivity index (χ1v) is 9.72. The number of aliphatic hydroxyl groups is 4. The monoisotopic (exact) mass is 364 g/mol. The van der Waals surface area contributed by atoms with Crippen molar-refractivity contribution < 1.29 is 30.0 Å². The Hall–Kier alpha value is -0.790. The summed E-state index contributed by atoms with van der Waals surface area (Å²) in [6, 6.07) is 0. The molecule has 0 radical (unpaired) electrons. The number of aliphatic hydroxyl groups excluding tert-OH is 4. The number of Topliss-reactive ketones (excluding diaryl/α,β-unsaturated/α-hetero) is 1. The smallest absolute Gasteiger partial charge is 0.170 e. The summed E-state index contributed by atoms with van der Waals surface area (Å²) in [6.45, 7) is 8.14. The van der Waals surface area contributed by atoms with E-state index in [-0.39, 0.29) is 23.5 Å². The Labute approximate surface area is 152 Å². The van der Waals surface area contributed by atoms with E-state index in [1.54, 1.807) is 0 Å². The van der Waals surface area contributed by atoms with E-state index in [1.165, 1.54) is 0 Å². The minimum atomic E-state index is -1.30. The fourth-order valence-electron chi connectivity index (χ4n) is 7.83. The Balaban J connectivity index is 1.79. The molecule has 144 valence electrons. The lowest BCUT2D eigenvalue weighted by Crippen LogP contribution is -2.80. The molecule has 4 aliphatic carbocycles. The molecule has 6 heteroatoms. The first kappa shape index (κ1) is 17.3. The van der Waals surface area contributed by atoms with Gasteiger partial charge >= 0.3 is 0 Å². The third-order valence-corrected chi connectivity index (χ3v) is 8.83. The maximum atomic E-state index is 13.3. The summed E-state index contributed by atoms with van der Waals surface area (Å²) in [7, 11) is 0. The molecule has 0 aromatic heterocycles. The summed E-state index contributed by atoms with van der Waals surface area (Å²) < 4.78 is 5.90. The predicted octanol–water partition coefficient (Wildman–Crippen LogP) is 0.374. The van der Waals surface area contributed by atoms with E-state index in [2.05, 4.69) is 20.4 Å². The molecule has 6 fully saturated rings. The summed E-state index contributed by atoms with van der Waals surface area (Å²) in [5.74, 6) is -1.54. The van der Waals surface area contributed by atoms with Crippen LogP contribution in [0, 0.1) is 34.0 Å². The number of ketones is 1. The Bertz CT molecular complexity index is 696. The van der Waals surface area contributed by atoms with Crippen LogP contribution in [0.4, 0.5) is 0 Å². The number of ether oxygens (including phenoxy) is 1. The van der Waals surface area contributed by atoms with Crippen LogP contribution in [0.3, 0.4) is 0 Å². The molecule has 6 rings (SSSR count). The molecule has 0 aromatic rings. The summed E-state index contributed by atoms with van der Waals surface area (Å²) in [6.07, 6.45) is -2.67. The Morgan fingerprint density at radius 1 is 1.15 bits per heavy atom. The van der Waals surface area contributed by atoms with Gasteiger partial charge < -0.3 is 25.2 Å². The van der Waals surface area contributed by atoms with Gasteiger partial charge in [0.25, 0.3) is 0 Å². The lowest BCUT2D eigenvalue weighted by molar-refractivity contribution is -0.411. The van der Waals surface area contributed by atoms with E-state index in [0.717, 1.165) is 6.42 Å². The summed E-state index contributed by atoms with van der Waals surface area (Å²) in [4.78, 5) is 13.3. The Kier molecular flexibility index (Phi) is 3.19. The number of carbonyl (C=O) groups is 1. The molecule has 2 spiro atoms. The standard InChI is InChI=1S/C20H28O6/c1-8-9-6-10(21)14-19-11(18(2,3)5-4-12(19)22)7-13(26-17(19)25)20(14,15(8)23)16(9)24/h9-14,16-17,21-22,24-25H,1,4-7H2,2-3H3/t9-,10+,11+,12+,13+,14-,16-,17+,19+,20+/m0/s1. The van der Waals surface area contributed by atoms with Gasteiger partial charge in [-0.2, -0.15) is 0 Å².